The number of aromatic nitrogens is 2. The molecule has 0 bridgehead atoms. The Kier molecular flexibility index (Phi) is 6.01. The van der Waals surface area contributed by atoms with Gasteiger partial charge in [0.2, 0.25) is 0 Å². The third-order valence-electron chi connectivity index (χ3n) is 1.46. The van der Waals surface area contributed by atoms with Crippen molar-refractivity contribution in [2.75, 3.05) is 0 Å². The Morgan fingerprint density at radius 2 is 2.14 bits per heavy atom. The molecule has 0 aliphatic rings. The van der Waals surface area contributed by atoms with Crippen LogP contribution in [0.4, 0.5) is 12.9 Å². The fourth-order valence-corrected chi connectivity index (χ4v) is 0.836. The number of nitriles is 1. The Morgan fingerprint density at radius 3 is 2.57 bits per heavy atom. The molecule has 3 nitrogen and oxygen atoms in total. The summed E-state index contributed by atoms with van der Waals surface area (Å²) in [5.74, 6) is 0. The van der Waals surface area contributed by atoms with Crippen LogP contribution in [-0.4, -0.2) is 16.5 Å². The van der Waals surface area contributed by atoms with Crippen LogP contribution in [0.2, 0.25) is 6.32 Å². The standard InChI is InChI=1S/C6H6BF3N3.K/c8-7(9,10)1-2-13-4-6(3-11)12-5-13;/h4-5H,1-2H2;/q-1;+1. The zero-order chi connectivity index (χ0) is 9.90. The summed E-state index contributed by atoms with van der Waals surface area (Å²) in [6.45, 7) is -4.92. The van der Waals surface area contributed by atoms with E-state index in [1.165, 1.54) is 17.1 Å². The second-order valence-corrected chi connectivity index (χ2v) is 2.61. The third-order valence-corrected chi connectivity index (χ3v) is 1.46. The van der Waals surface area contributed by atoms with Gasteiger partial charge in [-0.05, 0) is 6.54 Å². The minimum absolute atomic E-state index is 0. The van der Waals surface area contributed by atoms with Crippen molar-refractivity contribution in [1.29, 1.82) is 5.26 Å². The van der Waals surface area contributed by atoms with Crippen molar-refractivity contribution >= 4 is 6.98 Å². The molecule has 8 heteroatoms. The molecule has 0 saturated heterocycles. The van der Waals surface area contributed by atoms with E-state index < -0.39 is 13.3 Å². The molecule has 1 heterocycles. The average Bonchev–Trinajstić information content (AvgIpc) is 2.47. The number of aryl methyl sites for hydroxylation is 1. The molecule has 0 saturated carbocycles. The maximum atomic E-state index is 11.8. The maximum absolute atomic E-state index is 11.8. The molecule has 0 aliphatic heterocycles. The molecule has 1 aromatic heterocycles. The van der Waals surface area contributed by atoms with Gasteiger partial charge in [0.1, 0.15) is 6.07 Å². The van der Waals surface area contributed by atoms with Crippen molar-refractivity contribution in [2.45, 2.75) is 12.9 Å². The first kappa shape index (κ1) is 14.2. The summed E-state index contributed by atoms with van der Waals surface area (Å²) < 4.78 is 36.6. The normalized spacial score (nSPS) is 10.4. The Labute approximate surface area is 122 Å². The van der Waals surface area contributed by atoms with E-state index in [0.717, 1.165) is 0 Å². The van der Waals surface area contributed by atoms with E-state index in [-0.39, 0.29) is 63.6 Å². The molecule has 14 heavy (non-hydrogen) atoms. The van der Waals surface area contributed by atoms with Crippen LogP contribution in [0.25, 0.3) is 0 Å². The van der Waals surface area contributed by atoms with Gasteiger partial charge in [-0.3, -0.25) is 0 Å². The second-order valence-electron chi connectivity index (χ2n) is 2.61. The van der Waals surface area contributed by atoms with Crippen molar-refractivity contribution in [2.24, 2.45) is 0 Å². The van der Waals surface area contributed by atoms with E-state index in [9.17, 15) is 12.9 Å². The zero-order valence-electron chi connectivity index (χ0n) is 7.62. The topological polar surface area (TPSA) is 41.6 Å². The van der Waals surface area contributed by atoms with E-state index >= 15 is 0 Å². The van der Waals surface area contributed by atoms with Crippen molar-refractivity contribution in [3.8, 4) is 6.07 Å². The number of imidazole rings is 1. The van der Waals surface area contributed by atoms with Crippen molar-refractivity contribution in [1.82, 2.24) is 9.55 Å². The van der Waals surface area contributed by atoms with Crippen molar-refractivity contribution < 1.29 is 64.3 Å². The van der Waals surface area contributed by atoms with Gasteiger partial charge in [-0.1, -0.05) is 6.32 Å². The Balaban J connectivity index is 0.00000169. The molecular weight excluding hydrogens is 221 g/mol. The molecule has 1 rings (SSSR count). The monoisotopic (exact) mass is 227 g/mol. The molecule has 70 valence electrons. The van der Waals surface area contributed by atoms with E-state index in [0.29, 0.717) is 0 Å². The smallest absolute Gasteiger partial charge is 0.449 e. The van der Waals surface area contributed by atoms with Crippen LogP contribution in [-0.2, 0) is 6.54 Å². The molecule has 0 unspecified atom stereocenters. The SMILES string of the molecule is N#Cc1cn(CC[B-](F)(F)F)cn1.[K+]. The van der Waals surface area contributed by atoms with E-state index in [4.69, 9.17) is 5.26 Å². The molecule has 0 amide bonds. The molecule has 0 fully saturated rings. The summed E-state index contributed by atoms with van der Waals surface area (Å²) in [5.41, 5.74) is 0.134. The maximum Gasteiger partial charge on any atom is 1.00 e. The van der Waals surface area contributed by atoms with Crippen LogP contribution in [0.3, 0.4) is 0 Å². The van der Waals surface area contributed by atoms with Crippen LogP contribution in [0, 0.1) is 11.3 Å². The molecule has 0 spiro atoms. The Bertz CT molecular complexity index is 330. The van der Waals surface area contributed by atoms with Crippen LogP contribution in [0.5, 0.6) is 0 Å². The quantitative estimate of drug-likeness (QED) is 0.596. The summed E-state index contributed by atoms with van der Waals surface area (Å²) >= 11 is 0. The largest absolute Gasteiger partial charge is 1.00 e. The number of rotatable bonds is 3. The molecule has 0 N–H and O–H groups in total. The summed E-state index contributed by atoms with van der Waals surface area (Å²) in [6.07, 6.45) is 1.67. The molecule has 0 aromatic carbocycles. The zero-order valence-corrected chi connectivity index (χ0v) is 10.7. The van der Waals surface area contributed by atoms with Crippen molar-refractivity contribution in [3.05, 3.63) is 18.2 Å². The molecule has 0 radical (unpaired) electrons. The first-order valence-corrected chi connectivity index (χ1v) is 3.64. The average molecular weight is 227 g/mol. The molecule has 0 aliphatic carbocycles. The number of halogens is 3. The van der Waals surface area contributed by atoms with Gasteiger partial charge in [0.25, 0.3) is 0 Å². The number of hydrogen-bond acceptors (Lipinski definition) is 2. The summed E-state index contributed by atoms with van der Waals surface area (Å²) in [4.78, 5) is 3.58. The van der Waals surface area contributed by atoms with Gasteiger partial charge in [-0.2, -0.15) is 5.26 Å². The van der Waals surface area contributed by atoms with Crippen molar-refractivity contribution in [3.63, 3.8) is 0 Å². The molecule has 0 atom stereocenters. The van der Waals surface area contributed by atoms with Gasteiger partial charge in [-0.25, -0.2) is 4.98 Å². The van der Waals surface area contributed by atoms with Crippen LogP contribution >= 0.6 is 0 Å². The summed E-state index contributed by atoms with van der Waals surface area (Å²) in [5, 5.41) is 8.33. The minimum atomic E-state index is -4.76. The third kappa shape index (κ3) is 5.17. The second kappa shape index (κ2) is 5.92. The summed E-state index contributed by atoms with van der Waals surface area (Å²) in [6, 6.07) is 1.74. The molecular formula is C6H6BF3KN3. The van der Waals surface area contributed by atoms with Gasteiger partial charge in [0, 0.05) is 6.20 Å². The number of nitrogens with zero attached hydrogens (tertiary/aromatic N) is 3. The Morgan fingerprint density at radius 1 is 1.50 bits per heavy atom. The van der Waals surface area contributed by atoms with Crippen LogP contribution < -0.4 is 51.4 Å². The first-order valence-electron chi connectivity index (χ1n) is 3.64. The minimum Gasteiger partial charge on any atom is -0.449 e. The molecule has 1 aromatic rings. The fraction of sp³-hybridized carbons (Fsp3) is 0.333. The van der Waals surface area contributed by atoms with E-state index in [1.807, 2.05) is 0 Å². The van der Waals surface area contributed by atoms with Gasteiger partial charge >= 0.3 is 58.4 Å². The van der Waals surface area contributed by atoms with Crippen LogP contribution in [0.1, 0.15) is 5.69 Å². The van der Waals surface area contributed by atoms with Gasteiger partial charge in [-0.15, -0.1) is 0 Å². The fourth-order valence-electron chi connectivity index (χ4n) is 0.836. The van der Waals surface area contributed by atoms with Gasteiger partial charge in [0.05, 0.1) is 6.33 Å². The summed E-state index contributed by atoms with van der Waals surface area (Å²) in [7, 11) is 0. The predicted molar refractivity (Wildman–Crippen MR) is 40.8 cm³/mol. The van der Waals surface area contributed by atoms with Gasteiger partial charge in [0.15, 0.2) is 5.69 Å². The first-order chi connectivity index (χ1) is 6.01. The van der Waals surface area contributed by atoms with Crippen LogP contribution in [0.15, 0.2) is 12.5 Å². The van der Waals surface area contributed by atoms with E-state index in [1.54, 1.807) is 6.07 Å². The van der Waals surface area contributed by atoms with E-state index in [2.05, 4.69) is 4.98 Å². The predicted octanol–water partition coefficient (Wildman–Crippen LogP) is -1.39. The number of hydrogen-bond donors (Lipinski definition) is 0. The Hall–Kier alpha value is 0.191. The van der Waals surface area contributed by atoms with Gasteiger partial charge < -0.3 is 17.5 Å².